The lowest BCUT2D eigenvalue weighted by Gasteiger charge is -2.06. The van der Waals surface area contributed by atoms with Crippen molar-refractivity contribution in [3.05, 3.63) is 35.4 Å². The third-order valence-corrected chi connectivity index (χ3v) is 2.07. The van der Waals surface area contributed by atoms with Gasteiger partial charge in [0.1, 0.15) is 11.6 Å². The number of hydrogen-bond acceptors (Lipinski definition) is 1. The molecule has 0 fully saturated rings. The van der Waals surface area contributed by atoms with Gasteiger partial charge in [-0.25, -0.2) is 8.78 Å². The Morgan fingerprint density at radius 3 is 2.43 bits per heavy atom. The normalized spacial score (nSPS) is 10.5. The Morgan fingerprint density at radius 1 is 1.21 bits per heavy atom. The summed E-state index contributed by atoms with van der Waals surface area (Å²) in [7, 11) is 0. The van der Waals surface area contributed by atoms with Gasteiger partial charge in [0.2, 0.25) is 0 Å². The molecule has 0 amide bonds. The van der Waals surface area contributed by atoms with E-state index in [9.17, 15) is 8.78 Å². The van der Waals surface area contributed by atoms with E-state index in [4.69, 9.17) is 0 Å². The van der Waals surface area contributed by atoms with E-state index < -0.39 is 11.6 Å². The highest BCUT2D eigenvalue weighted by molar-refractivity contribution is 5.19. The largest absolute Gasteiger partial charge is 0.312 e. The van der Waals surface area contributed by atoms with Crippen LogP contribution in [0.15, 0.2) is 18.2 Å². The lowest BCUT2D eigenvalue weighted by Crippen LogP contribution is -2.16. The van der Waals surface area contributed by atoms with Crippen LogP contribution in [0.5, 0.6) is 0 Å². The van der Waals surface area contributed by atoms with Crippen molar-refractivity contribution >= 4 is 0 Å². The van der Waals surface area contributed by atoms with Gasteiger partial charge < -0.3 is 5.32 Å². The van der Waals surface area contributed by atoms with Crippen molar-refractivity contribution in [3.63, 3.8) is 0 Å². The molecule has 0 unspecified atom stereocenters. The summed E-state index contributed by atoms with van der Waals surface area (Å²) < 4.78 is 26.2. The van der Waals surface area contributed by atoms with Crippen molar-refractivity contribution in [2.75, 3.05) is 6.54 Å². The molecule has 0 atom stereocenters. The van der Waals surface area contributed by atoms with Crippen molar-refractivity contribution in [1.82, 2.24) is 5.32 Å². The minimum absolute atomic E-state index is 0.128. The molecule has 0 aliphatic rings. The Labute approximate surface area is 83.1 Å². The van der Waals surface area contributed by atoms with Crippen LogP contribution in [-0.4, -0.2) is 6.54 Å². The molecule has 0 spiro atoms. The first-order valence-corrected chi connectivity index (χ1v) is 4.89. The molecular formula is C11H15F2N. The zero-order valence-corrected chi connectivity index (χ0v) is 8.32. The molecule has 0 saturated carbocycles. The molecular weight excluding hydrogens is 184 g/mol. The first-order valence-electron chi connectivity index (χ1n) is 4.89. The van der Waals surface area contributed by atoms with Gasteiger partial charge in [-0.15, -0.1) is 0 Å². The fourth-order valence-electron chi connectivity index (χ4n) is 1.22. The second-order valence-electron chi connectivity index (χ2n) is 3.23. The van der Waals surface area contributed by atoms with E-state index in [1.54, 1.807) is 0 Å². The van der Waals surface area contributed by atoms with Gasteiger partial charge in [0.25, 0.3) is 0 Å². The maximum atomic E-state index is 13.1. The molecule has 1 rings (SSSR count). The number of nitrogens with one attached hydrogen (secondary N) is 1. The van der Waals surface area contributed by atoms with Crippen LogP contribution < -0.4 is 5.32 Å². The monoisotopic (exact) mass is 199 g/mol. The zero-order chi connectivity index (χ0) is 10.4. The van der Waals surface area contributed by atoms with Crippen LogP contribution in [0.4, 0.5) is 8.78 Å². The fourth-order valence-corrected chi connectivity index (χ4v) is 1.22. The van der Waals surface area contributed by atoms with Crippen molar-refractivity contribution in [2.24, 2.45) is 0 Å². The Balaban J connectivity index is 2.49. The molecule has 0 bridgehead atoms. The van der Waals surface area contributed by atoms with Gasteiger partial charge in [-0.2, -0.15) is 0 Å². The van der Waals surface area contributed by atoms with Crippen molar-refractivity contribution < 1.29 is 8.78 Å². The number of unbranched alkanes of at least 4 members (excludes halogenated alkanes) is 1. The topological polar surface area (TPSA) is 12.0 Å². The Hall–Kier alpha value is -0.960. The van der Waals surface area contributed by atoms with Gasteiger partial charge in [0.05, 0.1) is 0 Å². The standard InChI is InChI=1S/C11H15F2N/c1-2-3-7-14-8-9-10(12)5-4-6-11(9)13/h4-6,14H,2-3,7-8H2,1H3. The van der Waals surface area contributed by atoms with E-state index in [0.29, 0.717) is 0 Å². The van der Waals surface area contributed by atoms with E-state index in [-0.39, 0.29) is 12.1 Å². The van der Waals surface area contributed by atoms with Crippen LogP contribution >= 0.6 is 0 Å². The molecule has 0 aliphatic heterocycles. The van der Waals surface area contributed by atoms with E-state index >= 15 is 0 Å². The van der Waals surface area contributed by atoms with E-state index in [1.165, 1.54) is 18.2 Å². The first-order chi connectivity index (χ1) is 6.75. The molecule has 1 aromatic carbocycles. The van der Waals surface area contributed by atoms with Gasteiger partial charge in [-0.05, 0) is 25.1 Å². The molecule has 14 heavy (non-hydrogen) atoms. The third-order valence-electron chi connectivity index (χ3n) is 2.07. The summed E-state index contributed by atoms with van der Waals surface area (Å²) in [6.45, 7) is 3.13. The maximum absolute atomic E-state index is 13.1. The van der Waals surface area contributed by atoms with Crippen molar-refractivity contribution in [2.45, 2.75) is 26.3 Å². The van der Waals surface area contributed by atoms with E-state index in [0.717, 1.165) is 19.4 Å². The SMILES string of the molecule is CCCCNCc1c(F)cccc1F. The number of halogens is 2. The van der Waals surface area contributed by atoms with Gasteiger partial charge in [0.15, 0.2) is 0 Å². The van der Waals surface area contributed by atoms with Gasteiger partial charge in [-0.3, -0.25) is 0 Å². The highest BCUT2D eigenvalue weighted by Gasteiger charge is 2.06. The fraction of sp³-hybridized carbons (Fsp3) is 0.455. The summed E-state index contributed by atoms with van der Waals surface area (Å²) >= 11 is 0. The average molecular weight is 199 g/mol. The molecule has 0 aromatic heterocycles. The summed E-state index contributed by atoms with van der Waals surface area (Å²) in [6, 6.07) is 3.93. The Morgan fingerprint density at radius 2 is 1.86 bits per heavy atom. The van der Waals surface area contributed by atoms with Crippen LogP contribution in [0.3, 0.4) is 0 Å². The van der Waals surface area contributed by atoms with Crippen LogP contribution in [0.25, 0.3) is 0 Å². The average Bonchev–Trinajstić information content (AvgIpc) is 2.16. The van der Waals surface area contributed by atoms with Crippen LogP contribution in [0.1, 0.15) is 25.3 Å². The zero-order valence-electron chi connectivity index (χ0n) is 8.32. The number of benzene rings is 1. The van der Waals surface area contributed by atoms with Crippen molar-refractivity contribution in [1.29, 1.82) is 0 Å². The second-order valence-corrected chi connectivity index (χ2v) is 3.23. The molecule has 1 N–H and O–H groups in total. The lowest BCUT2D eigenvalue weighted by atomic mass is 10.2. The molecule has 78 valence electrons. The maximum Gasteiger partial charge on any atom is 0.130 e. The predicted octanol–water partition coefficient (Wildman–Crippen LogP) is 2.85. The number of rotatable bonds is 5. The first kappa shape index (κ1) is 11.1. The molecule has 1 nitrogen and oxygen atoms in total. The quantitative estimate of drug-likeness (QED) is 0.719. The van der Waals surface area contributed by atoms with Crippen LogP contribution in [0.2, 0.25) is 0 Å². The molecule has 0 aliphatic carbocycles. The summed E-state index contributed by atoms with van der Waals surface area (Å²) in [6.07, 6.45) is 2.10. The summed E-state index contributed by atoms with van der Waals surface area (Å²) in [5, 5.41) is 3.00. The summed E-state index contributed by atoms with van der Waals surface area (Å²) in [5.74, 6) is -0.956. The van der Waals surface area contributed by atoms with E-state index in [2.05, 4.69) is 12.2 Å². The Kier molecular flexibility index (Phi) is 4.53. The summed E-state index contributed by atoms with van der Waals surface area (Å²) in [4.78, 5) is 0. The number of hydrogen-bond donors (Lipinski definition) is 1. The lowest BCUT2D eigenvalue weighted by molar-refractivity contribution is 0.532. The predicted molar refractivity (Wildman–Crippen MR) is 53.0 cm³/mol. The van der Waals surface area contributed by atoms with Crippen LogP contribution in [-0.2, 0) is 6.54 Å². The minimum atomic E-state index is -0.478. The van der Waals surface area contributed by atoms with Gasteiger partial charge >= 0.3 is 0 Å². The Bertz CT molecular complexity index is 266. The molecule has 0 heterocycles. The smallest absolute Gasteiger partial charge is 0.130 e. The highest BCUT2D eigenvalue weighted by atomic mass is 19.1. The highest BCUT2D eigenvalue weighted by Crippen LogP contribution is 2.11. The molecule has 1 aromatic rings. The van der Waals surface area contributed by atoms with Crippen LogP contribution in [0, 0.1) is 11.6 Å². The minimum Gasteiger partial charge on any atom is -0.312 e. The van der Waals surface area contributed by atoms with Gasteiger partial charge in [0, 0.05) is 12.1 Å². The van der Waals surface area contributed by atoms with Gasteiger partial charge in [-0.1, -0.05) is 19.4 Å². The molecule has 0 saturated heterocycles. The molecule has 3 heteroatoms. The second kappa shape index (κ2) is 5.70. The van der Waals surface area contributed by atoms with E-state index in [1.807, 2.05) is 0 Å². The third kappa shape index (κ3) is 3.07. The summed E-state index contributed by atoms with van der Waals surface area (Å²) in [5.41, 5.74) is 0.128. The molecule has 0 radical (unpaired) electrons. The van der Waals surface area contributed by atoms with Crippen molar-refractivity contribution in [3.8, 4) is 0 Å².